The number of hydrogen-bond acceptors (Lipinski definition) is 6. The van der Waals surface area contributed by atoms with Gasteiger partial charge in [-0.25, -0.2) is 4.98 Å². The van der Waals surface area contributed by atoms with Crippen LogP contribution in [0, 0.1) is 5.92 Å². The topological polar surface area (TPSA) is 65.3 Å². The van der Waals surface area contributed by atoms with E-state index in [1.165, 1.54) is 13.2 Å². The average Bonchev–Trinajstić information content (AvgIpc) is 3.53. The van der Waals surface area contributed by atoms with Crippen molar-refractivity contribution in [3.05, 3.63) is 47.8 Å². The Hall–Kier alpha value is -3.04. The van der Waals surface area contributed by atoms with Gasteiger partial charge in [0.1, 0.15) is 22.7 Å². The smallest absolute Gasteiger partial charge is 0.387 e. The minimum Gasteiger partial charge on any atom is -0.496 e. The number of methoxy groups -OCH3 is 1. The van der Waals surface area contributed by atoms with Crippen LogP contribution in [0.25, 0.3) is 16.9 Å². The summed E-state index contributed by atoms with van der Waals surface area (Å²) in [5.74, 6) is 0.0925. The quantitative estimate of drug-likeness (QED) is 0.448. The van der Waals surface area contributed by atoms with Gasteiger partial charge in [-0.15, -0.1) is 0 Å². The molecule has 2 aliphatic rings. The third-order valence-corrected chi connectivity index (χ3v) is 6.57. The molecule has 180 valence electrons. The van der Waals surface area contributed by atoms with Crippen LogP contribution in [0.15, 0.2) is 36.7 Å². The Kier molecular flexibility index (Phi) is 6.22. The summed E-state index contributed by atoms with van der Waals surface area (Å²) in [4.78, 5) is 19.6. The maximum atomic E-state index is 13.2. The molecular formula is C25H27F2N3O4. The van der Waals surface area contributed by atoms with Gasteiger partial charge in [0.15, 0.2) is 5.78 Å². The molecule has 1 aliphatic carbocycles. The molecule has 3 aromatic rings. The van der Waals surface area contributed by atoms with Crippen molar-refractivity contribution in [1.29, 1.82) is 0 Å². The lowest BCUT2D eigenvalue weighted by atomic mass is 10.00. The van der Waals surface area contributed by atoms with E-state index in [0.717, 1.165) is 30.6 Å². The number of pyridine rings is 1. The van der Waals surface area contributed by atoms with Gasteiger partial charge in [-0.2, -0.15) is 8.78 Å². The predicted octanol–water partition coefficient (Wildman–Crippen LogP) is 4.60. The van der Waals surface area contributed by atoms with Gasteiger partial charge in [-0.1, -0.05) is 0 Å². The summed E-state index contributed by atoms with van der Waals surface area (Å²) in [7, 11) is 3.49. The van der Waals surface area contributed by atoms with Crippen LogP contribution in [0.1, 0.15) is 41.2 Å². The minimum absolute atomic E-state index is 0.0647. The molecule has 1 aromatic carbocycles. The standard InChI is InChI=1S/C25H27F2N3O4/c1-29-7-8-33-14-19(29)16-5-6-30-18(13-28-23(30)12-16)17-10-21(32-2)24(20(31)9-15-3-4-15)22(11-17)34-25(26)27/h5-6,10-13,15,19,25H,3-4,7-9,14H2,1-2H3. The lowest BCUT2D eigenvalue weighted by Crippen LogP contribution is -2.36. The third kappa shape index (κ3) is 4.50. The van der Waals surface area contributed by atoms with Crippen molar-refractivity contribution in [2.75, 3.05) is 33.9 Å². The monoisotopic (exact) mass is 471 g/mol. The highest BCUT2D eigenvalue weighted by molar-refractivity contribution is 6.02. The summed E-state index contributed by atoms with van der Waals surface area (Å²) in [6.07, 6.45) is 5.83. The number of imidazole rings is 1. The van der Waals surface area contributed by atoms with E-state index in [1.54, 1.807) is 12.3 Å². The molecular weight excluding hydrogens is 444 g/mol. The fourth-order valence-electron chi connectivity index (χ4n) is 4.50. The van der Waals surface area contributed by atoms with E-state index in [9.17, 15) is 13.6 Å². The van der Waals surface area contributed by atoms with Crippen molar-refractivity contribution in [3.8, 4) is 22.8 Å². The predicted molar refractivity (Wildman–Crippen MR) is 122 cm³/mol. The number of likely N-dealkylation sites (N-methyl/N-ethyl adjacent to an activating group) is 1. The molecule has 1 unspecified atom stereocenters. The van der Waals surface area contributed by atoms with E-state index >= 15 is 0 Å². The molecule has 2 fully saturated rings. The number of alkyl halides is 2. The number of aromatic nitrogens is 2. The zero-order valence-electron chi connectivity index (χ0n) is 19.2. The minimum atomic E-state index is -3.06. The number of fused-ring (bicyclic) bond motifs is 1. The number of benzene rings is 1. The molecule has 5 rings (SSSR count). The Labute approximate surface area is 196 Å². The number of ether oxygens (including phenoxy) is 3. The molecule has 0 amide bonds. The zero-order valence-corrected chi connectivity index (χ0v) is 19.2. The highest BCUT2D eigenvalue weighted by Crippen LogP contribution is 2.40. The number of ketones is 1. The maximum Gasteiger partial charge on any atom is 0.387 e. The first-order valence-electron chi connectivity index (χ1n) is 11.4. The summed E-state index contributed by atoms with van der Waals surface area (Å²) in [5, 5.41) is 0. The highest BCUT2D eigenvalue weighted by Gasteiger charge is 2.30. The Morgan fingerprint density at radius 1 is 1.26 bits per heavy atom. The number of nitrogens with zero attached hydrogens (tertiary/aromatic N) is 3. The van der Waals surface area contributed by atoms with Gasteiger partial charge in [0.25, 0.3) is 0 Å². The zero-order chi connectivity index (χ0) is 23.8. The molecule has 0 radical (unpaired) electrons. The van der Waals surface area contributed by atoms with E-state index in [2.05, 4.69) is 16.9 Å². The number of rotatable bonds is 8. The van der Waals surface area contributed by atoms with Crippen LogP contribution in [0.5, 0.6) is 11.5 Å². The summed E-state index contributed by atoms with van der Waals surface area (Å²) in [6, 6.07) is 7.30. The molecule has 9 heteroatoms. The normalized spacial score (nSPS) is 19.0. The lowest BCUT2D eigenvalue weighted by molar-refractivity contribution is -0.0502. The number of hydrogen-bond donors (Lipinski definition) is 0. The molecule has 1 aliphatic heterocycles. The van der Waals surface area contributed by atoms with Gasteiger partial charge in [-0.3, -0.25) is 14.1 Å². The van der Waals surface area contributed by atoms with Crippen molar-refractivity contribution >= 4 is 11.4 Å². The van der Waals surface area contributed by atoms with E-state index in [1.807, 2.05) is 22.7 Å². The van der Waals surface area contributed by atoms with Gasteiger partial charge in [-0.05, 0) is 55.6 Å². The molecule has 1 saturated heterocycles. The first kappa shape index (κ1) is 22.7. The number of morpholine rings is 1. The average molecular weight is 472 g/mol. The lowest BCUT2D eigenvalue weighted by Gasteiger charge is -2.32. The summed E-state index contributed by atoms with van der Waals surface area (Å²) in [6.45, 7) is -0.880. The molecule has 0 N–H and O–H groups in total. The molecule has 0 bridgehead atoms. The van der Waals surface area contributed by atoms with Gasteiger partial charge in [0.2, 0.25) is 0 Å². The SMILES string of the molecule is COc1cc(-c2cnc3cc(C4COCCN4C)ccn23)cc(OC(F)F)c1C(=O)CC1CC1. The van der Waals surface area contributed by atoms with Crippen molar-refractivity contribution < 1.29 is 27.8 Å². The van der Waals surface area contributed by atoms with Crippen molar-refractivity contribution in [3.63, 3.8) is 0 Å². The number of carbonyl (C=O) groups is 1. The van der Waals surface area contributed by atoms with E-state index in [4.69, 9.17) is 14.2 Å². The van der Waals surface area contributed by atoms with Gasteiger partial charge in [0.05, 0.1) is 38.3 Å². The first-order chi connectivity index (χ1) is 16.4. The van der Waals surface area contributed by atoms with Crippen molar-refractivity contribution in [2.45, 2.75) is 31.9 Å². The first-order valence-corrected chi connectivity index (χ1v) is 11.4. The molecule has 1 atom stereocenters. The van der Waals surface area contributed by atoms with E-state index in [0.29, 0.717) is 36.8 Å². The second-order valence-electron chi connectivity index (χ2n) is 8.90. The Balaban J connectivity index is 1.54. The molecule has 0 spiro atoms. The Morgan fingerprint density at radius 2 is 2.06 bits per heavy atom. The van der Waals surface area contributed by atoms with Crippen LogP contribution in [-0.4, -0.2) is 60.6 Å². The fourth-order valence-corrected chi connectivity index (χ4v) is 4.50. The molecule has 34 heavy (non-hydrogen) atoms. The Bertz CT molecular complexity index is 1210. The largest absolute Gasteiger partial charge is 0.496 e. The summed E-state index contributed by atoms with van der Waals surface area (Å²) < 4.78 is 44.3. The van der Waals surface area contributed by atoms with Crippen LogP contribution in [0.2, 0.25) is 0 Å². The van der Waals surface area contributed by atoms with Crippen LogP contribution in [0.4, 0.5) is 8.78 Å². The van der Waals surface area contributed by atoms with Crippen molar-refractivity contribution in [2.24, 2.45) is 5.92 Å². The molecule has 1 saturated carbocycles. The number of carbonyl (C=O) groups excluding carboxylic acids is 1. The van der Waals surface area contributed by atoms with E-state index in [-0.39, 0.29) is 28.9 Å². The molecule has 3 heterocycles. The number of Topliss-reactive ketones (excluding diaryl/α,β-unsaturated/α-hetero) is 1. The van der Waals surface area contributed by atoms with Gasteiger partial charge in [0, 0.05) is 24.7 Å². The van der Waals surface area contributed by atoms with Crippen LogP contribution < -0.4 is 9.47 Å². The van der Waals surface area contributed by atoms with Crippen LogP contribution in [-0.2, 0) is 4.74 Å². The third-order valence-electron chi connectivity index (χ3n) is 6.57. The number of halogens is 2. The highest BCUT2D eigenvalue weighted by atomic mass is 19.3. The molecule has 2 aromatic heterocycles. The molecule has 7 nitrogen and oxygen atoms in total. The maximum absolute atomic E-state index is 13.2. The van der Waals surface area contributed by atoms with Crippen LogP contribution >= 0.6 is 0 Å². The van der Waals surface area contributed by atoms with Gasteiger partial charge >= 0.3 is 6.61 Å². The summed E-state index contributed by atoms with van der Waals surface area (Å²) >= 11 is 0. The Morgan fingerprint density at radius 3 is 2.76 bits per heavy atom. The summed E-state index contributed by atoms with van der Waals surface area (Å²) in [5.41, 5.74) is 3.11. The fraction of sp³-hybridized carbons (Fsp3) is 0.440. The van der Waals surface area contributed by atoms with Crippen LogP contribution in [0.3, 0.4) is 0 Å². The second-order valence-corrected chi connectivity index (χ2v) is 8.90. The second kappa shape index (κ2) is 9.31. The van der Waals surface area contributed by atoms with Gasteiger partial charge < -0.3 is 14.2 Å². The van der Waals surface area contributed by atoms with E-state index < -0.39 is 6.61 Å². The van der Waals surface area contributed by atoms with Crippen molar-refractivity contribution in [1.82, 2.24) is 14.3 Å².